The highest BCUT2D eigenvalue weighted by Crippen LogP contribution is 2.24. The number of hydrogen-bond acceptors (Lipinski definition) is 3. The fourth-order valence-corrected chi connectivity index (χ4v) is 2.94. The molecular weight excluding hydrogens is 266 g/mol. The summed E-state index contributed by atoms with van der Waals surface area (Å²) in [4.78, 5) is 5.64. The first-order valence-electron chi connectivity index (χ1n) is 6.05. The van der Waals surface area contributed by atoms with Crippen molar-refractivity contribution in [3.05, 3.63) is 51.0 Å². The highest BCUT2D eigenvalue weighted by atomic mass is 32.1. The molecule has 1 N–H and O–H groups in total. The Balaban J connectivity index is 2.24. The molecule has 19 heavy (non-hydrogen) atoms. The Morgan fingerprint density at radius 1 is 1.21 bits per heavy atom. The van der Waals surface area contributed by atoms with Gasteiger partial charge in [-0.25, -0.2) is 13.8 Å². The quantitative estimate of drug-likeness (QED) is 0.927. The summed E-state index contributed by atoms with van der Waals surface area (Å²) in [5.74, 6) is -1.11. The molecule has 0 radical (unpaired) electrons. The van der Waals surface area contributed by atoms with E-state index in [1.165, 1.54) is 17.0 Å². The molecule has 2 nitrogen and oxygen atoms in total. The predicted octanol–water partition coefficient (Wildman–Crippen LogP) is 3.54. The van der Waals surface area contributed by atoms with Gasteiger partial charge in [0.15, 0.2) is 0 Å². The summed E-state index contributed by atoms with van der Waals surface area (Å²) in [5, 5.41) is 4.05. The van der Waals surface area contributed by atoms with E-state index in [1.54, 1.807) is 18.4 Å². The predicted molar refractivity (Wildman–Crippen MR) is 73.5 cm³/mol. The number of benzene rings is 1. The first kappa shape index (κ1) is 14.1. The van der Waals surface area contributed by atoms with Crippen LogP contribution >= 0.6 is 11.3 Å². The highest BCUT2D eigenvalue weighted by Gasteiger charge is 2.15. The molecule has 1 aromatic heterocycles. The van der Waals surface area contributed by atoms with Crippen molar-refractivity contribution in [2.24, 2.45) is 0 Å². The van der Waals surface area contributed by atoms with Gasteiger partial charge in [-0.05, 0) is 38.6 Å². The van der Waals surface area contributed by atoms with E-state index in [0.717, 1.165) is 16.8 Å². The van der Waals surface area contributed by atoms with Gasteiger partial charge in [0.1, 0.15) is 11.6 Å². The number of nitrogens with one attached hydrogen (secondary N) is 1. The largest absolute Gasteiger partial charge is 0.313 e. The van der Waals surface area contributed by atoms with Crippen LogP contribution < -0.4 is 5.32 Å². The Bertz CT molecular complexity index is 541. The molecule has 1 aromatic carbocycles. The molecule has 0 amide bonds. The van der Waals surface area contributed by atoms with Crippen molar-refractivity contribution in [1.82, 2.24) is 10.3 Å². The monoisotopic (exact) mass is 282 g/mol. The first-order chi connectivity index (χ1) is 8.99. The molecule has 1 heterocycles. The van der Waals surface area contributed by atoms with Gasteiger partial charge in [0, 0.05) is 23.4 Å². The minimum atomic E-state index is -0.554. The smallest absolute Gasteiger partial charge is 0.126 e. The van der Waals surface area contributed by atoms with Gasteiger partial charge in [-0.2, -0.15) is 0 Å². The zero-order valence-electron chi connectivity index (χ0n) is 11.1. The molecule has 2 aromatic rings. The van der Waals surface area contributed by atoms with Crippen LogP contribution in [0.25, 0.3) is 0 Å². The lowest BCUT2D eigenvalue weighted by Crippen LogP contribution is -2.19. The van der Waals surface area contributed by atoms with Gasteiger partial charge in [0.25, 0.3) is 0 Å². The maximum atomic E-state index is 13.3. The molecule has 1 unspecified atom stereocenters. The summed E-state index contributed by atoms with van der Waals surface area (Å²) in [5.41, 5.74) is 1.62. The van der Waals surface area contributed by atoms with Gasteiger partial charge in [0.05, 0.1) is 10.7 Å². The van der Waals surface area contributed by atoms with Crippen LogP contribution in [0.2, 0.25) is 0 Å². The zero-order chi connectivity index (χ0) is 14.0. The number of aryl methyl sites for hydroxylation is 2. The van der Waals surface area contributed by atoms with Gasteiger partial charge in [-0.3, -0.25) is 0 Å². The molecule has 0 aliphatic carbocycles. The summed E-state index contributed by atoms with van der Waals surface area (Å²) in [6.07, 6.45) is 0.624. The minimum Gasteiger partial charge on any atom is -0.313 e. The Morgan fingerprint density at radius 3 is 2.32 bits per heavy atom. The average molecular weight is 282 g/mol. The lowest BCUT2D eigenvalue weighted by molar-refractivity contribution is 0.550. The topological polar surface area (TPSA) is 24.9 Å². The molecule has 0 bridgehead atoms. The molecule has 0 saturated carbocycles. The SMILES string of the molecule is CNC(Cc1nc(C)c(C)s1)c1cc(F)cc(F)c1. The second-order valence-electron chi connectivity index (χ2n) is 4.50. The highest BCUT2D eigenvalue weighted by molar-refractivity contribution is 7.11. The van der Waals surface area contributed by atoms with Crippen LogP contribution in [-0.2, 0) is 6.42 Å². The molecule has 2 rings (SSSR count). The van der Waals surface area contributed by atoms with E-state index in [4.69, 9.17) is 0 Å². The van der Waals surface area contributed by atoms with Crippen LogP contribution in [-0.4, -0.2) is 12.0 Å². The van der Waals surface area contributed by atoms with Gasteiger partial charge >= 0.3 is 0 Å². The van der Waals surface area contributed by atoms with E-state index in [-0.39, 0.29) is 6.04 Å². The van der Waals surface area contributed by atoms with Crippen LogP contribution in [0.5, 0.6) is 0 Å². The van der Waals surface area contributed by atoms with Gasteiger partial charge < -0.3 is 5.32 Å². The van der Waals surface area contributed by atoms with Crippen LogP contribution in [0.1, 0.15) is 27.2 Å². The lowest BCUT2D eigenvalue weighted by atomic mass is 10.0. The van der Waals surface area contributed by atoms with Crippen molar-refractivity contribution in [1.29, 1.82) is 0 Å². The second kappa shape index (κ2) is 5.75. The fraction of sp³-hybridized carbons (Fsp3) is 0.357. The molecule has 0 fully saturated rings. The molecule has 102 valence electrons. The van der Waals surface area contributed by atoms with E-state index in [9.17, 15) is 8.78 Å². The van der Waals surface area contributed by atoms with Crippen molar-refractivity contribution in [3.8, 4) is 0 Å². The minimum absolute atomic E-state index is 0.143. The summed E-state index contributed by atoms with van der Waals surface area (Å²) < 4.78 is 26.5. The molecular formula is C14H16F2N2S. The van der Waals surface area contributed by atoms with E-state index in [0.29, 0.717) is 12.0 Å². The summed E-state index contributed by atoms with van der Waals surface area (Å²) in [7, 11) is 1.78. The third kappa shape index (κ3) is 3.36. The zero-order valence-corrected chi connectivity index (χ0v) is 11.9. The summed E-state index contributed by atoms with van der Waals surface area (Å²) in [6, 6.07) is 3.46. The Labute approximate surface area is 115 Å². The van der Waals surface area contributed by atoms with Gasteiger partial charge in [-0.1, -0.05) is 0 Å². The number of rotatable bonds is 4. The fourth-order valence-electron chi connectivity index (χ4n) is 1.96. The lowest BCUT2D eigenvalue weighted by Gasteiger charge is -2.15. The summed E-state index contributed by atoms with van der Waals surface area (Å²) in [6.45, 7) is 3.98. The van der Waals surface area contributed by atoms with Crippen molar-refractivity contribution < 1.29 is 8.78 Å². The Morgan fingerprint density at radius 2 is 1.84 bits per heavy atom. The Kier molecular flexibility index (Phi) is 4.27. The molecule has 1 atom stereocenters. The van der Waals surface area contributed by atoms with Gasteiger partial charge in [-0.15, -0.1) is 11.3 Å². The summed E-state index contributed by atoms with van der Waals surface area (Å²) >= 11 is 1.62. The molecule has 0 aliphatic heterocycles. The molecule has 0 spiro atoms. The third-order valence-corrected chi connectivity index (χ3v) is 4.18. The number of halogens is 2. The average Bonchev–Trinajstić information content (AvgIpc) is 2.64. The van der Waals surface area contributed by atoms with E-state index in [1.807, 2.05) is 13.8 Å². The normalized spacial score (nSPS) is 12.7. The first-order valence-corrected chi connectivity index (χ1v) is 6.87. The third-order valence-electron chi connectivity index (χ3n) is 3.09. The van der Waals surface area contributed by atoms with Crippen LogP contribution in [0, 0.1) is 25.5 Å². The van der Waals surface area contributed by atoms with Crippen molar-refractivity contribution in [3.63, 3.8) is 0 Å². The van der Waals surface area contributed by atoms with E-state index >= 15 is 0 Å². The number of hydrogen-bond donors (Lipinski definition) is 1. The van der Waals surface area contributed by atoms with E-state index in [2.05, 4.69) is 10.3 Å². The second-order valence-corrected chi connectivity index (χ2v) is 5.79. The van der Waals surface area contributed by atoms with Crippen molar-refractivity contribution in [2.45, 2.75) is 26.3 Å². The number of aromatic nitrogens is 1. The molecule has 5 heteroatoms. The van der Waals surface area contributed by atoms with Crippen LogP contribution in [0.3, 0.4) is 0 Å². The van der Waals surface area contributed by atoms with Crippen LogP contribution in [0.15, 0.2) is 18.2 Å². The standard InChI is InChI=1S/C14H16F2N2S/c1-8-9(2)19-14(18-8)7-13(17-3)10-4-11(15)6-12(16)5-10/h4-6,13,17H,7H2,1-3H3. The number of thiazole rings is 1. The molecule has 0 saturated heterocycles. The maximum absolute atomic E-state index is 13.3. The van der Waals surface area contributed by atoms with E-state index < -0.39 is 11.6 Å². The van der Waals surface area contributed by atoms with Crippen LogP contribution in [0.4, 0.5) is 8.78 Å². The van der Waals surface area contributed by atoms with Crippen molar-refractivity contribution >= 4 is 11.3 Å². The molecule has 0 aliphatic rings. The Hall–Kier alpha value is -1.33. The maximum Gasteiger partial charge on any atom is 0.126 e. The van der Waals surface area contributed by atoms with Crippen molar-refractivity contribution in [2.75, 3.05) is 7.05 Å². The van der Waals surface area contributed by atoms with Gasteiger partial charge in [0.2, 0.25) is 0 Å². The number of likely N-dealkylation sites (N-methyl/N-ethyl adjacent to an activating group) is 1. The number of nitrogens with zero attached hydrogens (tertiary/aromatic N) is 1.